The zero-order chi connectivity index (χ0) is 22.2. The zero-order valence-electron chi connectivity index (χ0n) is 20.8. The van der Waals surface area contributed by atoms with Crippen LogP contribution in [0.1, 0.15) is 118 Å². The Morgan fingerprint density at radius 2 is 1.77 bits per heavy atom. The lowest BCUT2D eigenvalue weighted by Crippen LogP contribution is -2.36. The van der Waals surface area contributed by atoms with Gasteiger partial charge in [-0.3, -0.25) is 0 Å². The topological polar surface area (TPSA) is 40.5 Å². The van der Waals surface area contributed by atoms with Crippen LogP contribution in [0.3, 0.4) is 0 Å². The largest absolute Gasteiger partial charge is 0.390 e. The quantitative estimate of drug-likeness (QED) is 0.434. The van der Waals surface area contributed by atoms with Crippen molar-refractivity contribution in [2.75, 3.05) is 0 Å². The average molecular weight is 429 g/mol. The fraction of sp³-hybridized carbons (Fsp3) is 0.862. The van der Waals surface area contributed by atoms with Crippen LogP contribution in [-0.4, -0.2) is 21.9 Å². The summed E-state index contributed by atoms with van der Waals surface area (Å²) in [5.41, 5.74) is 4.76. The Hall–Kier alpha value is -0.600. The number of aliphatic hydroxyl groups excluding tert-OH is 1. The Kier molecular flexibility index (Phi) is 7.09. The number of rotatable bonds is 6. The van der Waals surface area contributed by atoms with Crippen LogP contribution in [0.25, 0.3) is 0 Å². The first-order valence-electron chi connectivity index (χ1n) is 13.5. The lowest BCUT2D eigenvalue weighted by molar-refractivity contribution is 0.0596. The van der Waals surface area contributed by atoms with Gasteiger partial charge in [0.05, 0.1) is 11.7 Å². The molecule has 0 aromatic heterocycles. The molecule has 4 aliphatic carbocycles. The summed E-state index contributed by atoms with van der Waals surface area (Å²) in [6.45, 7) is 8.99. The highest BCUT2D eigenvalue weighted by atomic mass is 16.3. The van der Waals surface area contributed by atoms with E-state index in [9.17, 15) is 10.2 Å². The summed E-state index contributed by atoms with van der Waals surface area (Å²) >= 11 is 0. The van der Waals surface area contributed by atoms with E-state index in [2.05, 4.69) is 19.9 Å². The number of hydrogen-bond acceptors (Lipinski definition) is 2. The minimum atomic E-state index is -0.525. The standard InChI is InChI=1S/C29H48O2/c1-20(9-7-17-28(2,3)31)25-15-16-26-22(11-8-18-29(25,26)4)19-21-10-5-13-24-23(21)12-6-14-27(24)30/h19-21,25-27,30-31H,5-18H2,1-4H3/b22-19+/t20-,21+,25-,26+,27+,29-/m1/s1. The molecule has 0 aliphatic heterocycles. The molecule has 6 atom stereocenters. The third-order valence-electron chi connectivity index (χ3n) is 9.74. The second kappa shape index (κ2) is 9.34. The molecule has 2 fully saturated rings. The van der Waals surface area contributed by atoms with Crippen molar-refractivity contribution in [1.82, 2.24) is 0 Å². The summed E-state index contributed by atoms with van der Waals surface area (Å²) in [6.07, 6.45) is 19.8. The molecule has 0 aromatic rings. The minimum absolute atomic E-state index is 0.151. The van der Waals surface area contributed by atoms with Crippen LogP contribution in [0.15, 0.2) is 22.8 Å². The lowest BCUT2D eigenvalue weighted by atomic mass is 9.60. The molecule has 176 valence electrons. The molecule has 2 saturated carbocycles. The maximum absolute atomic E-state index is 10.5. The molecule has 2 N–H and O–H groups in total. The molecule has 0 saturated heterocycles. The SMILES string of the molecule is C[C@H](CCCC(C)(C)O)[C@H]1CC[C@H]2/C(=C/[C@@H]3CCCC4=C3CCC[C@@H]4O)CCC[C@]12C. The Labute approximate surface area is 191 Å². The van der Waals surface area contributed by atoms with E-state index >= 15 is 0 Å². The van der Waals surface area contributed by atoms with E-state index in [0.717, 1.165) is 43.4 Å². The van der Waals surface area contributed by atoms with Crippen molar-refractivity contribution in [3.05, 3.63) is 22.8 Å². The summed E-state index contributed by atoms with van der Waals surface area (Å²) in [4.78, 5) is 0. The number of allylic oxidation sites excluding steroid dienone is 3. The van der Waals surface area contributed by atoms with Gasteiger partial charge in [-0.25, -0.2) is 0 Å². The third kappa shape index (κ3) is 5.01. The molecule has 2 heteroatoms. The molecule has 0 heterocycles. The maximum Gasteiger partial charge on any atom is 0.0753 e. The second-order valence-corrected chi connectivity index (χ2v) is 12.5. The van der Waals surface area contributed by atoms with Gasteiger partial charge in [-0.2, -0.15) is 0 Å². The molecule has 2 nitrogen and oxygen atoms in total. The summed E-state index contributed by atoms with van der Waals surface area (Å²) in [7, 11) is 0. The Balaban J connectivity index is 1.48. The highest BCUT2D eigenvalue weighted by Gasteiger charge is 2.50. The van der Waals surface area contributed by atoms with Gasteiger partial charge >= 0.3 is 0 Å². The monoisotopic (exact) mass is 428 g/mol. The molecular formula is C29H48O2. The van der Waals surface area contributed by atoms with Gasteiger partial charge in [0.1, 0.15) is 0 Å². The number of aliphatic hydroxyl groups is 2. The molecule has 4 rings (SSSR count). The molecule has 4 aliphatic rings. The predicted molar refractivity (Wildman–Crippen MR) is 130 cm³/mol. The van der Waals surface area contributed by atoms with Crippen molar-refractivity contribution < 1.29 is 10.2 Å². The first-order valence-corrected chi connectivity index (χ1v) is 13.5. The summed E-state index contributed by atoms with van der Waals surface area (Å²) in [6, 6.07) is 0. The summed E-state index contributed by atoms with van der Waals surface area (Å²) < 4.78 is 0. The van der Waals surface area contributed by atoms with Crippen molar-refractivity contribution in [3.63, 3.8) is 0 Å². The van der Waals surface area contributed by atoms with Crippen LogP contribution in [0.5, 0.6) is 0 Å². The molecule has 0 amide bonds. The van der Waals surface area contributed by atoms with Gasteiger partial charge in [0.15, 0.2) is 0 Å². The first-order chi connectivity index (χ1) is 14.7. The maximum atomic E-state index is 10.5. The number of fused-ring (bicyclic) bond motifs is 1. The summed E-state index contributed by atoms with van der Waals surface area (Å²) in [5.74, 6) is 2.98. The highest BCUT2D eigenvalue weighted by molar-refractivity contribution is 5.31. The van der Waals surface area contributed by atoms with Gasteiger partial charge in [-0.05, 0) is 126 Å². The molecule has 31 heavy (non-hydrogen) atoms. The average Bonchev–Trinajstić information content (AvgIpc) is 3.06. The third-order valence-corrected chi connectivity index (χ3v) is 9.74. The van der Waals surface area contributed by atoms with Crippen molar-refractivity contribution in [1.29, 1.82) is 0 Å². The molecule has 0 aromatic carbocycles. The van der Waals surface area contributed by atoms with Crippen LogP contribution >= 0.6 is 0 Å². The normalized spacial score (nSPS) is 38.8. The van der Waals surface area contributed by atoms with Crippen molar-refractivity contribution in [2.24, 2.45) is 29.1 Å². The smallest absolute Gasteiger partial charge is 0.0753 e. The van der Waals surface area contributed by atoms with Crippen LogP contribution in [0, 0.1) is 29.1 Å². The minimum Gasteiger partial charge on any atom is -0.390 e. The Morgan fingerprint density at radius 3 is 2.55 bits per heavy atom. The van der Waals surface area contributed by atoms with E-state index in [1.807, 2.05) is 13.8 Å². The molecular weight excluding hydrogens is 380 g/mol. The van der Waals surface area contributed by atoms with Crippen LogP contribution in [0.2, 0.25) is 0 Å². The van der Waals surface area contributed by atoms with E-state index < -0.39 is 5.60 Å². The predicted octanol–water partition coefficient (Wildman–Crippen LogP) is 7.35. The van der Waals surface area contributed by atoms with Gasteiger partial charge in [0.25, 0.3) is 0 Å². The van der Waals surface area contributed by atoms with Gasteiger partial charge in [0, 0.05) is 0 Å². The van der Waals surface area contributed by atoms with Gasteiger partial charge in [0.2, 0.25) is 0 Å². The van der Waals surface area contributed by atoms with Crippen LogP contribution < -0.4 is 0 Å². The second-order valence-electron chi connectivity index (χ2n) is 12.5. The fourth-order valence-electron chi connectivity index (χ4n) is 8.19. The van der Waals surface area contributed by atoms with Crippen LogP contribution in [0.4, 0.5) is 0 Å². The van der Waals surface area contributed by atoms with E-state index in [0.29, 0.717) is 11.3 Å². The van der Waals surface area contributed by atoms with Gasteiger partial charge in [-0.1, -0.05) is 43.9 Å². The molecule has 0 bridgehead atoms. The van der Waals surface area contributed by atoms with Crippen molar-refractivity contribution in [3.8, 4) is 0 Å². The van der Waals surface area contributed by atoms with Crippen LogP contribution in [-0.2, 0) is 0 Å². The molecule has 0 spiro atoms. The Bertz CT molecular complexity index is 696. The zero-order valence-corrected chi connectivity index (χ0v) is 20.8. The highest BCUT2D eigenvalue weighted by Crippen LogP contribution is 2.60. The van der Waals surface area contributed by atoms with Crippen molar-refractivity contribution in [2.45, 2.75) is 129 Å². The fourth-order valence-corrected chi connectivity index (χ4v) is 8.19. The van der Waals surface area contributed by atoms with E-state index in [-0.39, 0.29) is 6.10 Å². The lowest BCUT2D eigenvalue weighted by Gasteiger charge is -2.45. The first kappa shape index (κ1) is 23.6. The van der Waals surface area contributed by atoms with E-state index in [1.54, 1.807) is 11.1 Å². The summed E-state index contributed by atoms with van der Waals surface area (Å²) in [5, 5.41) is 20.6. The van der Waals surface area contributed by atoms with Gasteiger partial charge in [-0.15, -0.1) is 0 Å². The molecule has 0 radical (unpaired) electrons. The molecule has 0 unspecified atom stereocenters. The Morgan fingerprint density at radius 1 is 1.03 bits per heavy atom. The van der Waals surface area contributed by atoms with Gasteiger partial charge < -0.3 is 10.2 Å². The van der Waals surface area contributed by atoms with E-state index in [1.165, 1.54) is 69.8 Å². The number of hydrogen-bond donors (Lipinski definition) is 2. The van der Waals surface area contributed by atoms with E-state index in [4.69, 9.17) is 0 Å². The van der Waals surface area contributed by atoms with Crippen molar-refractivity contribution >= 4 is 0 Å².